The van der Waals surface area contributed by atoms with E-state index in [1.54, 1.807) is 19.1 Å². The average Bonchev–Trinajstić information content (AvgIpc) is 2.36. The number of rotatable bonds is 6. The molecule has 0 radical (unpaired) electrons. The highest BCUT2D eigenvalue weighted by molar-refractivity contribution is 6.43. The molecule has 0 bridgehead atoms. The lowest BCUT2D eigenvalue weighted by Crippen LogP contribution is -2.35. The third-order valence-corrected chi connectivity index (χ3v) is 3.58. The van der Waals surface area contributed by atoms with Crippen molar-refractivity contribution in [1.29, 1.82) is 0 Å². The number of ketones is 1. The number of Topliss-reactive ketones (excluding diaryl/α,β-unsaturated/α-hetero) is 1. The van der Waals surface area contributed by atoms with Gasteiger partial charge in [-0.2, -0.15) is 13.2 Å². The molecule has 1 rings (SSSR count). The number of carbonyl (C=O) groups is 1. The van der Waals surface area contributed by atoms with Crippen molar-refractivity contribution in [1.82, 2.24) is 4.90 Å². The molecule has 0 unspecified atom stereocenters. The first-order valence-corrected chi connectivity index (χ1v) is 6.76. The van der Waals surface area contributed by atoms with E-state index in [9.17, 15) is 18.0 Å². The molecule has 0 fully saturated rings. The second-order valence-electron chi connectivity index (χ2n) is 4.26. The first-order valence-electron chi connectivity index (χ1n) is 6.01. The Morgan fingerprint density at radius 1 is 1.30 bits per heavy atom. The van der Waals surface area contributed by atoms with Crippen LogP contribution in [-0.2, 0) is 0 Å². The molecule has 112 valence electrons. The van der Waals surface area contributed by atoms with E-state index in [1.165, 1.54) is 6.07 Å². The fourth-order valence-corrected chi connectivity index (χ4v) is 2.12. The molecule has 0 N–H and O–H groups in total. The Labute approximate surface area is 125 Å². The minimum atomic E-state index is -4.27. The van der Waals surface area contributed by atoms with Crippen molar-refractivity contribution in [2.24, 2.45) is 0 Å². The van der Waals surface area contributed by atoms with E-state index in [1.807, 2.05) is 0 Å². The lowest BCUT2D eigenvalue weighted by atomic mass is 10.1. The molecule has 7 heteroatoms. The lowest BCUT2D eigenvalue weighted by Gasteiger charge is -2.21. The number of carbonyl (C=O) groups excluding carboxylic acids is 1. The van der Waals surface area contributed by atoms with E-state index >= 15 is 0 Å². The average molecular weight is 328 g/mol. The third kappa shape index (κ3) is 5.31. The summed E-state index contributed by atoms with van der Waals surface area (Å²) in [6.45, 7) is 0.830. The van der Waals surface area contributed by atoms with E-state index in [0.717, 1.165) is 4.90 Å². The van der Waals surface area contributed by atoms with Crippen LogP contribution in [0, 0.1) is 0 Å². The fourth-order valence-electron chi connectivity index (χ4n) is 1.72. The normalized spacial score (nSPS) is 11.9. The van der Waals surface area contributed by atoms with Crippen LogP contribution in [0.1, 0.15) is 23.7 Å². The summed E-state index contributed by atoms with van der Waals surface area (Å²) in [6.07, 6.45) is -4.31. The standard InChI is InChI=1S/C13H14Cl2F3NO/c1-2-19(8-13(16,17)18)7-6-11(20)9-4-3-5-10(14)12(9)15/h3-5H,2,6-8H2,1H3. The van der Waals surface area contributed by atoms with Gasteiger partial charge in [-0.1, -0.05) is 36.2 Å². The van der Waals surface area contributed by atoms with Gasteiger partial charge in [0.05, 0.1) is 16.6 Å². The van der Waals surface area contributed by atoms with Crippen LogP contribution in [0.2, 0.25) is 10.0 Å². The van der Waals surface area contributed by atoms with Crippen molar-refractivity contribution >= 4 is 29.0 Å². The number of alkyl halides is 3. The molecule has 2 nitrogen and oxygen atoms in total. The van der Waals surface area contributed by atoms with Gasteiger partial charge in [-0.3, -0.25) is 9.69 Å². The zero-order valence-electron chi connectivity index (χ0n) is 10.8. The number of nitrogens with zero attached hydrogens (tertiary/aromatic N) is 1. The zero-order valence-corrected chi connectivity index (χ0v) is 12.3. The molecule has 20 heavy (non-hydrogen) atoms. The Kier molecular flexibility index (Phi) is 6.30. The fraction of sp³-hybridized carbons (Fsp3) is 0.462. The monoisotopic (exact) mass is 327 g/mol. The number of hydrogen-bond donors (Lipinski definition) is 0. The molecule has 1 aromatic carbocycles. The molecular formula is C13H14Cl2F3NO. The maximum atomic E-state index is 12.3. The van der Waals surface area contributed by atoms with Crippen molar-refractivity contribution in [3.8, 4) is 0 Å². The lowest BCUT2D eigenvalue weighted by molar-refractivity contribution is -0.145. The van der Waals surface area contributed by atoms with Crippen LogP contribution in [0.3, 0.4) is 0 Å². The molecule has 0 aliphatic heterocycles. The summed E-state index contributed by atoms with van der Waals surface area (Å²) in [5.74, 6) is -0.321. The summed E-state index contributed by atoms with van der Waals surface area (Å²) in [4.78, 5) is 13.1. The van der Waals surface area contributed by atoms with E-state index in [0.29, 0.717) is 0 Å². The third-order valence-electron chi connectivity index (χ3n) is 2.76. The molecule has 0 heterocycles. The molecular weight excluding hydrogens is 314 g/mol. The van der Waals surface area contributed by atoms with E-state index in [-0.39, 0.29) is 40.9 Å². The molecule has 0 saturated carbocycles. The van der Waals surface area contributed by atoms with Gasteiger partial charge in [-0.25, -0.2) is 0 Å². The van der Waals surface area contributed by atoms with Crippen molar-refractivity contribution in [3.63, 3.8) is 0 Å². The maximum absolute atomic E-state index is 12.3. The summed E-state index contributed by atoms with van der Waals surface area (Å²) in [7, 11) is 0. The van der Waals surface area contributed by atoms with Gasteiger partial charge in [0, 0.05) is 18.5 Å². The number of hydrogen-bond acceptors (Lipinski definition) is 2. The van der Waals surface area contributed by atoms with Gasteiger partial charge in [0.1, 0.15) is 0 Å². The van der Waals surface area contributed by atoms with E-state index in [2.05, 4.69) is 0 Å². The number of benzene rings is 1. The summed E-state index contributed by atoms with van der Waals surface area (Å²) in [5.41, 5.74) is 0.238. The SMILES string of the molecule is CCN(CCC(=O)c1cccc(Cl)c1Cl)CC(F)(F)F. The predicted octanol–water partition coefficient (Wildman–Crippen LogP) is 4.45. The first kappa shape index (κ1) is 17.3. The van der Waals surface area contributed by atoms with Crippen LogP contribution >= 0.6 is 23.2 Å². The molecule has 0 aliphatic rings. The Morgan fingerprint density at radius 2 is 1.95 bits per heavy atom. The second-order valence-corrected chi connectivity index (χ2v) is 5.04. The van der Waals surface area contributed by atoms with Crippen LogP contribution in [0.4, 0.5) is 13.2 Å². The van der Waals surface area contributed by atoms with E-state index in [4.69, 9.17) is 23.2 Å². The summed E-state index contributed by atoms with van der Waals surface area (Å²) >= 11 is 11.7. The minimum Gasteiger partial charge on any atom is -0.295 e. The van der Waals surface area contributed by atoms with Gasteiger partial charge in [-0.15, -0.1) is 0 Å². The Hall–Kier alpha value is -0.780. The van der Waals surface area contributed by atoms with Crippen LogP contribution < -0.4 is 0 Å². The summed E-state index contributed by atoms with van der Waals surface area (Å²) < 4.78 is 36.9. The van der Waals surface area contributed by atoms with Gasteiger partial charge >= 0.3 is 6.18 Å². The Balaban J connectivity index is 2.64. The van der Waals surface area contributed by atoms with Crippen molar-refractivity contribution in [3.05, 3.63) is 33.8 Å². The van der Waals surface area contributed by atoms with Gasteiger partial charge in [-0.05, 0) is 18.7 Å². The molecule has 0 aliphatic carbocycles. The van der Waals surface area contributed by atoms with Crippen LogP contribution in [0.15, 0.2) is 18.2 Å². The topological polar surface area (TPSA) is 20.3 Å². The molecule has 1 aromatic rings. The summed E-state index contributed by atoms with van der Waals surface area (Å²) in [5, 5.41) is 0.387. The molecule has 0 spiro atoms. The van der Waals surface area contributed by atoms with Crippen molar-refractivity contribution in [2.75, 3.05) is 19.6 Å². The Morgan fingerprint density at radius 3 is 2.50 bits per heavy atom. The quantitative estimate of drug-likeness (QED) is 0.719. The largest absolute Gasteiger partial charge is 0.401 e. The number of halogens is 5. The highest BCUT2D eigenvalue weighted by Gasteiger charge is 2.30. The molecule has 0 aromatic heterocycles. The minimum absolute atomic E-state index is 0.0255. The van der Waals surface area contributed by atoms with E-state index < -0.39 is 12.7 Å². The van der Waals surface area contributed by atoms with Gasteiger partial charge in [0.25, 0.3) is 0 Å². The van der Waals surface area contributed by atoms with Gasteiger partial charge in [0.2, 0.25) is 0 Å². The highest BCUT2D eigenvalue weighted by atomic mass is 35.5. The first-order chi connectivity index (χ1) is 9.24. The predicted molar refractivity (Wildman–Crippen MR) is 73.6 cm³/mol. The Bertz CT molecular complexity index is 477. The van der Waals surface area contributed by atoms with Crippen LogP contribution in [0.25, 0.3) is 0 Å². The van der Waals surface area contributed by atoms with Crippen LogP contribution in [-0.4, -0.2) is 36.5 Å². The van der Waals surface area contributed by atoms with Crippen LogP contribution in [0.5, 0.6) is 0 Å². The van der Waals surface area contributed by atoms with Gasteiger partial charge < -0.3 is 0 Å². The second kappa shape index (κ2) is 7.29. The highest BCUT2D eigenvalue weighted by Crippen LogP contribution is 2.26. The molecule has 0 amide bonds. The molecule has 0 saturated heterocycles. The molecule has 0 atom stereocenters. The summed E-state index contributed by atoms with van der Waals surface area (Å²) in [6, 6.07) is 4.63. The smallest absolute Gasteiger partial charge is 0.295 e. The maximum Gasteiger partial charge on any atom is 0.401 e. The van der Waals surface area contributed by atoms with Gasteiger partial charge in [0.15, 0.2) is 5.78 Å². The van der Waals surface area contributed by atoms with Crippen molar-refractivity contribution in [2.45, 2.75) is 19.5 Å². The van der Waals surface area contributed by atoms with Crippen molar-refractivity contribution < 1.29 is 18.0 Å². The zero-order chi connectivity index (χ0) is 15.3.